The maximum absolute atomic E-state index is 10.9. The van der Waals surface area contributed by atoms with Gasteiger partial charge in [-0.25, -0.2) is 0 Å². The maximum Gasteiger partial charge on any atom is 0.311 e. The van der Waals surface area contributed by atoms with Gasteiger partial charge in [0.2, 0.25) is 0 Å². The van der Waals surface area contributed by atoms with Crippen LogP contribution in [-0.4, -0.2) is 22.2 Å². The molecule has 4 nitrogen and oxygen atoms in total. The van der Waals surface area contributed by atoms with Gasteiger partial charge in [0.05, 0.1) is 12.3 Å². The van der Waals surface area contributed by atoms with E-state index in [1.54, 1.807) is 31.2 Å². The number of rotatable bonds is 4. The Morgan fingerprint density at radius 1 is 1.27 bits per heavy atom. The van der Waals surface area contributed by atoms with E-state index in [-0.39, 0.29) is 6.42 Å². The fourth-order valence-corrected chi connectivity index (χ4v) is 1.48. The van der Waals surface area contributed by atoms with Gasteiger partial charge in [0.1, 0.15) is 0 Å². The van der Waals surface area contributed by atoms with Crippen LogP contribution in [-0.2, 0) is 9.59 Å². The molecule has 0 saturated carbocycles. The Morgan fingerprint density at radius 2 is 1.87 bits per heavy atom. The van der Waals surface area contributed by atoms with Crippen molar-refractivity contribution in [3.05, 3.63) is 35.4 Å². The molecule has 0 aliphatic carbocycles. The summed E-state index contributed by atoms with van der Waals surface area (Å²) in [6, 6.07) is 6.92. The molecule has 0 heterocycles. The van der Waals surface area contributed by atoms with Crippen molar-refractivity contribution in [3.8, 4) is 0 Å². The third kappa shape index (κ3) is 2.80. The summed E-state index contributed by atoms with van der Waals surface area (Å²) >= 11 is 0. The third-order valence-electron chi connectivity index (χ3n) is 2.24. The summed E-state index contributed by atoms with van der Waals surface area (Å²) < 4.78 is 0. The second-order valence-corrected chi connectivity index (χ2v) is 3.35. The summed E-state index contributed by atoms with van der Waals surface area (Å²) in [7, 11) is 0. The molecule has 2 N–H and O–H groups in total. The normalized spacial score (nSPS) is 12.1. The Hall–Kier alpha value is -1.84. The van der Waals surface area contributed by atoms with E-state index in [0.29, 0.717) is 5.56 Å². The lowest BCUT2D eigenvalue weighted by atomic mass is 9.92. The lowest BCUT2D eigenvalue weighted by molar-refractivity contribution is -0.145. The first-order chi connectivity index (χ1) is 7.02. The van der Waals surface area contributed by atoms with Crippen molar-refractivity contribution in [1.82, 2.24) is 0 Å². The minimum absolute atomic E-state index is 0.389. The number of carboxylic acid groups (broad SMARTS) is 2. The van der Waals surface area contributed by atoms with Crippen LogP contribution in [0.25, 0.3) is 0 Å². The van der Waals surface area contributed by atoms with Gasteiger partial charge in [0, 0.05) is 0 Å². The molecule has 0 unspecified atom stereocenters. The predicted molar refractivity (Wildman–Crippen MR) is 53.8 cm³/mol. The Balaban J connectivity index is 3.04. The highest BCUT2D eigenvalue weighted by Gasteiger charge is 2.23. The van der Waals surface area contributed by atoms with Crippen LogP contribution in [0.3, 0.4) is 0 Å². The second kappa shape index (κ2) is 4.59. The SMILES string of the molecule is Cc1ccccc1[C@@H](CC(=O)O)C(=O)O. The third-order valence-corrected chi connectivity index (χ3v) is 2.24. The zero-order valence-corrected chi connectivity index (χ0v) is 8.30. The zero-order valence-electron chi connectivity index (χ0n) is 8.30. The van der Waals surface area contributed by atoms with Gasteiger partial charge in [-0.3, -0.25) is 9.59 Å². The lowest BCUT2D eigenvalue weighted by Gasteiger charge is -2.12. The Bertz CT molecular complexity index is 384. The lowest BCUT2D eigenvalue weighted by Crippen LogP contribution is -2.16. The number of aryl methyl sites for hydroxylation is 1. The average molecular weight is 208 g/mol. The molecule has 0 spiro atoms. The smallest absolute Gasteiger partial charge is 0.311 e. The van der Waals surface area contributed by atoms with Crippen molar-refractivity contribution in [2.75, 3.05) is 0 Å². The van der Waals surface area contributed by atoms with E-state index in [1.807, 2.05) is 0 Å². The topological polar surface area (TPSA) is 74.6 Å². The summed E-state index contributed by atoms with van der Waals surface area (Å²) in [5.41, 5.74) is 1.36. The van der Waals surface area contributed by atoms with Crippen LogP contribution in [0.1, 0.15) is 23.5 Å². The zero-order chi connectivity index (χ0) is 11.4. The molecule has 1 atom stereocenters. The Labute approximate surface area is 87.2 Å². The van der Waals surface area contributed by atoms with Gasteiger partial charge in [-0.2, -0.15) is 0 Å². The minimum atomic E-state index is -1.11. The van der Waals surface area contributed by atoms with Crippen LogP contribution in [0, 0.1) is 6.92 Å². The number of hydrogen-bond donors (Lipinski definition) is 2. The molecule has 1 aromatic rings. The fourth-order valence-electron chi connectivity index (χ4n) is 1.48. The highest BCUT2D eigenvalue weighted by molar-refractivity contribution is 5.82. The van der Waals surface area contributed by atoms with E-state index in [1.165, 1.54) is 0 Å². The molecule has 0 bridgehead atoms. The summed E-state index contributed by atoms with van der Waals surface area (Å²) in [6.07, 6.45) is -0.389. The molecule has 0 aliphatic heterocycles. The Morgan fingerprint density at radius 3 is 2.33 bits per heavy atom. The van der Waals surface area contributed by atoms with Crippen LogP contribution >= 0.6 is 0 Å². The molecular formula is C11H12O4. The molecule has 15 heavy (non-hydrogen) atoms. The van der Waals surface area contributed by atoms with Crippen LogP contribution in [0.15, 0.2) is 24.3 Å². The van der Waals surface area contributed by atoms with Crippen LogP contribution in [0.2, 0.25) is 0 Å². The van der Waals surface area contributed by atoms with Gasteiger partial charge in [0.25, 0.3) is 0 Å². The molecular weight excluding hydrogens is 196 g/mol. The Kier molecular flexibility index (Phi) is 3.44. The molecule has 0 amide bonds. The molecule has 0 aromatic heterocycles. The highest BCUT2D eigenvalue weighted by Crippen LogP contribution is 2.23. The van der Waals surface area contributed by atoms with Crippen LogP contribution in [0.5, 0.6) is 0 Å². The van der Waals surface area contributed by atoms with Gasteiger partial charge >= 0.3 is 11.9 Å². The quantitative estimate of drug-likeness (QED) is 0.788. The number of carboxylic acids is 2. The van der Waals surface area contributed by atoms with Gasteiger partial charge < -0.3 is 10.2 Å². The van der Waals surface area contributed by atoms with E-state index in [4.69, 9.17) is 10.2 Å². The number of benzene rings is 1. The number of carbonyl (C=O) groups is 2. The van der Waals surface area contributed by atoms with E-state index in [9.17, 15) is 9.59 Å². The van der Waals surface area contributed by atoms with Crippen LogP contribution in [0.4, 0.5) is 0 Å². The van der Waals surface area contributed by atoms with E-state index in [0.717, 1.165) is 5.56 Å². The van der Waals surface area contributed by atoms with Crippen molar-refractivity contribution in [2.24, 2.45) is 0 Å². The van der Waals surface area contributed by atoms with Crippen molar-refractivity contribution >= 4 is 11.9 Å². The predicted octanol–water partition coefficient (Wildman–Crippen LogP) is 1.64. The van der Waals surface area contributed by atoms with Gasteiger partial charge in [-0.05, 0) is 18.1 Å². The first kappa shape index (κ1) is 11.2. The number of hydrogen-bond acceptors (Lipinski definition) is 2. The van der Waals surface area contributed by atoms with Gasteiger partial charge in [-0.15, -0.1) is 0 Å². The van der Waals surface area contributed by atoms with E-state index < -0.39 is 17.9 Å². The van der Waals surface area contributed by atoms with Crippen molar-refractivity contribution in [2.45, 2.75) is 19.3 Å². The minimum Gasteiger partial charge on any atom is -0.481 e. The second-order valence-electron chi connectivity index (χ2n) is 3.35. The van der Waals surface area contributed by atoms with Gasteiger partial charge in [0.15, 0.2) is 0 Å². The standard InChI is InChI=1S/C11H12O4/c1-7-4-2-3-5-8(7)9(11(14)15)6-10(12)13/h2-5,9H,6H2,1H3,(H,12,13)(H,14,15)/t9-/m1/s1. The van der Waals surface area contributed by atoms with E-state index in [2.05, 4.69) is 0 Å². The summed E-state index contributed by atoms with van der Waals surface area (Å²) in [4.78, 5) is 21.5. The monoisotopic (exact) mass is 208 g/mol. The van der Waals surface area contributed by atoms with E-state index >= 15 is 0 Å². The highest BCUT2D eigenvalue weighted by atomic mass is 16.4. The summed E-state index contributed by atoms with van der Waals surface area (Å²) in [6.45, 7) is 1.77. The average Bonchev–Trinajstić information content (AvgIpc) is 2.15. The number of aliphatic carboxylic acids is 2. The first-order valence-corrected chi connectivity index (χ1v) is 4.52. The summed E-state index contributed by atoms with van der Waals surface area (Å²) in [5.74, 6) is -3.18. The summed E-state index contributed by atoms with van der Waals surface area (Å²) in [5, 5.41) is 17.6. The van der Waals surface area contributed by atoms with Crippen molar-refractivity contribution in [3.63, 3.8) is 0 Å². The molecule has 4 heteroatoms. The van der Waals surface area contributed by atoms with Crippen molar-refractivity contribution < 1.29 is 19.8 Å². The molecule has 1 aromatic carbocycles. The molecule has 0 saturated heterocycles. The fraction of sp³-hybridized carbons (Fsp3) is 0.273. The van der Waals surface area contributed by atoms with Crippen LogP contribution < -0.4 is 0 Å². The van der Waals surface area contributed by atoms with Gasteiger partial charge in [-0.1, -0.05) is 24.3 Å². The molecule has 0 fully saturated rings. The largest absolute Gasteiger partial charge is 0.481 e. The maximum atomic E-state index is 10.9. The molecule has 1 rings (SSSR count). The van der Waals surface area contributed by atoms with Crippen molar-refractivity contribution in [1.29, 1.82) is 0 Å². The molecule has 0 aliphatic rings. The molecule has 80 valence electrons. The first-order valence-electron chi connectivity index (χ1n) is 4.52. The molecule has 0 radical (unpaired) electrons.